The van der Waals surface area contributed by atoms with E-state index in [0.717, 1.165) is 36.6 Å². The summed E-state index contributed by atoms with van der Waals surface area (Å²) in [5.41, 5.74) is 1.26. The quantitative estimate of drug-likeness (QED) is 0.573. The van der Waals surface area contributed by atoms with Crippen LogP contribution in [0.5, 0.6) is 0 Å². The molecule has 0 spiro atoms. The van der Waals surface area contributed by atoms with E-state index in [1.165, 1.54) is 12.5 Å². The van der Waals surface area contributed by atoms with Crippen LogP contribution in [0, 0.1) is 17.7 Å². The van der Waals surface area contributed by atoms with Gasteiger partial charge in [-0.25, -0.2) is 9.49 Å². The van der Waals surface area contributed by atoms with Crippen molar-refractivity contribution in [3.8, 4) is 0 Å². The Hall–Kier alpha value is -3.02. The van der Waals surface area contributed by atoms with Gasteiger partial charge >= 0.3 is 0 Å². The summed E-state index contributed by atoms with van der Waals surface area (Å²) in [7, 11) is 0. The van der Waals surface area contributed by atoms with Crippen LogP contribution < -0.4 is 10.9 Å². The highest BCUT2D eigenvalue weighted by Gasteiger charge is 2.25. The van der Waals surface area contributed by atoms with E-state index in [1.54, 1.807) is 24.3 Å². The van der Waals surface area contributed by atoms with Crippen molar-refractivity contribution >= 4 is 16.7 Å². The first-order valence-electron chi connectivity index (χ1n) is 11.5. The standard InChI is InChI=1S/C26H30FN3O2/c1-16(2)12-17-6-5-7-19(13-17)28-25(31)22-14-18(10-11-23(22)27)15-24-20-8-3-4-9-21(20)26(32)30-29-24/h3-4,8-11,14,16-17,19H,5-7,12-13,15H2,1-2H3,(H,28,31)(H,30,32). The van der Waals surface area contributed by atoms with Crippen molar-refractivity contribution in [2.45, 2.75) is 58.4 Å². The molecule has 1 aromatic heterocycles. The number of carbonyl (C=O) groups excluding carboxylic acids is 1. The molecule has 1 heterocycles. The molecule has 1 amide bonds. The van der Waals surface area contributed by atoms with Crippen molar-refractivity contribution in [1.82, 2.24) is 15.5 Å². The third-order valence-electron chi connectivity index (χ3n) is 6.34. The number of carbonyl (C=O) groups is 1. The third-order valence-corrected chi connectivity index (χ3v) is 6.34. The highest BCUT2D eigenvalue weighted by atomic mass is 19.1. The predicted molar refractivity (Wildman–Crippen MR) is 124 cm³/mol. The van der Waals surface area contributed by atoms with Gasteiger partial charge in [-0.15, -0.1) is 0 Å². The smallest absolute Gasteiger partial charge is 0.272 e. The van der Waals surface area contributed by atoms with Crippen molar-refractivity contribution in [2.24, 2.45) is 11.8 Å². The summed E-state index contributed by atoms with van der Waals surface area (Å²) in [6, 6.07) is 11.9. The Morgan fingerprint density at radius 2 is 1.97 bits per heavy atom. The molecular formula is C26H30FN3O2. The molecule has 1 fully saturated rings. The van der Waals surface area contributed by atoms with Crippen LogP contribution in [0.3, 0.4) is 0 Å². The molecule has 0 bridgehead atoms. The molecule has 2 N–H and O–H groups in total. The number of nitrogens with one attached hydrogen (secondary N) is 2. The zero-order chi connectivity index (χ0) is 22.7. The molecule has 4 rings (SSSR count). The van der Waals surface area contributed by atoms with Gasteiger partial charge in [0.05, 0.1) is 16.6 Å². The first-order chi connectivity index (χ1) is 15.4. The van der Waals surface area contributed by atoms with Gasteiger partial charge in [-0.05, 0) is 54.9 Å². The highest BCUT2D eigenvalue weighted by Crippen LogP contribution is 2.29. The number of fused-ring (bicyclic) bond motifs is 1. The van der Waals surface area contributed by atoms with Gasteiger partial charge in [-0.3, -0.25) is 9.59 Å². The van der Waals surface area contributed by atoms with Crippen LogP contribution in [0.15, 0.2) is 47.3 Å². The number of hydrogen-bond acceptors (Lipinski definition) is 3. The van der Waals surface area contributed by atoms with Crippen LogP contribution in [0.2, 0.25) is 0 Å². The molecule has 3 aromatic rings. The summed E-state index contributed by atoms with van der Waals surface area (Å²) in [5, 5.41) is 11.1. The highest BCUT2D eigenvalue weighted by molar-refractivity contribution is 5.95. The maximum absolute atomic E-state index is 14.5. The lowest BCUT2D eigenvalue weighted by Gasteiger charge is -2.30. The minimum atomic E-state index is -0.528. The number of halogens is 1. The second-order valence-electron chi connectivity index (χ2n) is 9.37. The third kappa shape index (κ3) is 5.06. The Labute approximate surface area is 187 Å². The van der Waals surface area contributed by atoms with E-state index in [4.69, 9.17) is 0 Å². The van der Waals surface area contributed by atoms with E-state index >= 15 is 0 Å². The van der Waals surface area contributed by atoms with E-state index < -0.39 is 5.82 Å². The lowest BCUT2D eigenvalue weighted by atomic mass is 9.81. The van der Waals surface area contributed by atoms with Crippen molar-refractivity contribution in [3.63, 3.8) is 0 Å². The van der Waals surface area contributed by atoms with Gasteiger partial charge < -0.3 is 5.32 Å². The number of aromatic amines is 1. The summed E-state index contributed by atoms with van der Waals surface area (Å²) in [6.45, 7) is 4.45. The van der Waals surface area contributed by atoms with E-state index in [0.29, 0.717) is 29.3 Å². The van der Waals surface area contributed by atoms with Crippen LogP contribution in [-0.2, 0) is 6.42 Å². The molecule has 1 saturated carbocycles. The largest absolute Gasteiger partial charge is 0.349 e. The fraction of sp³-hybridized carbons (Fsp3) is 0.423. The summed E-state index contributed by atoms with van der Waals surface area (Å²) in [6.07, 6.45) is 5.74. The number of rotatable bonds is 6. The molecule has 32 heavy (non-hydrogen) atoms. The first-order valence-corrected chi connectivity index (χ1v) is 11.5. The van der Waals surface area contributed by atoms with Gasteiger partial charge in [0.1, 0.15) is 5.82 Å². The molecule has 0 radical (unpaired) electrons. The second kappa shape index (κ2) is 9.63. The van der Waals surface area contributed by atoms with Crippen molar-refractivity contribution < 1.29 is 9.18 Å². The van der Waals surface area contributed by atoms with Crippen molar-refractivity contribution in [1.29, 1.82) is 0 Å². The Balaban J connectivity index is 1.51. The fourth-order valence-corrected chi connectivity index (χ4v) is 4.92. The predicted octanol–water partition coefficient (Wildman–Crippen LogP) is 4.99. The number of hydrogen-bond donors (Lipinski definition) is 2. The van der Waals surface area contributed by atoms with Crippen LogP contribution in [-0.4, -0.2) is 22.1 Å². The number of aromatic nitrogens is 2. The topological polar surface area (TPSA) is 74.8 Å². The second-order valence-corrected chi connectivity index (χ2v) is 9.37. The van der Waals surface area contributed by atoms with Gasteiger partial charge in [0.15, 0.2) is 0 Å². The molecule has 6 heteroatoms. The fourth-order valence-electron chi connectivity index (χ4n) is 4.92. The summed E-state index contributed by atoms with van der Waals surface area (Å²) in [4.78, 5) is 24.9. The maximum atomic E-state index is 14.5. The van der Waals surface area contributed by atoms with E-state index in [9.17, 15) is 14.0 Å². The molecule has 0 aliphatic heterocycles. The molecule has 168 valence electrons. The first kappa shape index (κ1) is 22.2. The number of H-pyrrole nitrogens is 1. The summed E-state index contributed by atoms with van der Waals surface area (Å²) < 4.78 is 14.5. The molecule has 5 nitrogen and oxygen atoms in total. The average molecular weight is 436 g/mol. The zero-order valence-corrected chi connectivity index (χ0v) is 18.7. The number of benzene rings is 2. The molecule has 2 atom stereocenters. The van der Waals surface area contributed by atoms with E-state index in [-0.39, 0.29) is 23.1 Å². The Morgan fingerprint density at radius 3 is 2.75 bits per heavy atom. The Morgan fingerprint density at radius 1 is 1.19 bits per heavy atom. The van der Waals surface area contributed by atoms with E-state index in [2.05, 4.69) is 29.4 Å². The lowest BCUT2D eigenvalue weighted by Crippen LogP contribution is -2.39. The van der Waals surface area contributed by atoms with E-state index in [1.807, 2.05) is 12.1 Å². The minimum Gasteiger partial charge on any atom is -0.349 e. The molecular weight excluding hydrogens is 405 g/mol. The Kier molecular flexibility index (Phi) is 6.68. The van der Waals surface area contributed by atoms with Crippen molar-refractivity contribution in [2.75, 3.05) is 0 Å². The lowest BCUT2D eigenvalue weighted by molar-refractivity contribution is 0.0913. The molecule has 2 unspecified atom stereocenters. The Bertz CT molecular complexity index is 1170. The van der Waals surface area contributed by atoms with Crippen LogP contribution in [0.1, 0.15) is 67.6 Å². The summed E-state index contributed by atoms with van der Waals surface area (Å²) in [5.74, 6) is 0.366. The minimum absolute atomic E-state index is 0.0576. The zero-order valence-electron chi connectivity index (χ0n) is 18.7. The SMILES string of the molecule is CC(C)CC1CCCC(NC(=O)c2cc(Cc3n[nH]c(=O)c4ccccc34)ccc2F)C1. The van der Waals surface area contributed by atoms with Gasteiger partial charge in [-0.1, -0.05) is 51.0 Å². The van der Waals surface area contributed by atoms with Crippen LogP contribution >= 0.6 is 0 Å². The van der Waals surface area contributed by atoms with Gasteiger partial charge in [-0.2, -0.15) is 5.10 Å². The normalized spacial score (nSPS) is 18.8. The molecule has 2 aromatic carbocycles. The molecule has 0 saturated heterocycles. The number of amides is 1. The van der Waals surface area contributed by atoms with Crippen LogP contribution in [0.4, 0.5) is 4.39 Å². The van der Waals surface area contributed by atoms with Gasteiger partial charge in [0, 0.05) is 17.8 Å². The monoisotopic (exact) mass is 435 g/mol. The van der Waals surface area contributed by atoms with Crippen molar-refractivity contribution in [3.05, 3.63) is 75.5 Å². The number of nitrogens with zero attached hydrogens (tertiary/aromatic N) is 1. The molecule has 1 aliphatic rings. The van der Waals surface area contributed by atoms with Gasteiger partial charge in [0.25, 0.3) is 11.5 Å². The van der Waals surface area contributed by atoms with Crippen LogP contribution in [0.25, 0.3) is 10.8 Å². The summed E-state index contributed by atoms with van der Waals surface area (Å²) >= 11 is 0. The average Bonchev–Trinajstić information content (AvgIpc) is 2.77. The molecule has 1 aliphatic carbocycles. The van der Waals surface area contributed by atoms with Gasteiger partial charge in [0.2, 0.25) is 0 Å². The maximum Gasteiger partial charge on any atom is 0.272 e.